The maximum absolute atomic E-state index is 13.6. The van der Waals surface area contributed by atoms with Gasteiger partial charge in [0, 0.05) is 6.07 Å². The topological polar surface area (TPSA) is 66.9 Å². The maximum Gasteiger partial charge on any atom is 0.274 e. The minimum Gasteiger partial charge on any atom is -0.339 e. The Kier molecular flexibility index (Phi) is 4.85. The molecule has 25 heavy (non-hydrogen) atoms. The zero-order valence-electron chi connectivity index (χ0n) is 12.6. The average molecular weight is 361 g/mol. The van der Waals surface area contributed by atoms with E-state index >= 15 is 0 Å². The van der Waals surface area contributed by atoms with Crippen molar-refractivity contribution in [1.82, 2.24) is 9.97 Å². The molecular formula is C17H11ClF2N4O. The normalized spacial score (nSPS) is 10.4. The number of carbonyl (C=O) groups is 1. The Hall–Kier alpha value is -3.06. The summed E-state index contributed by atoms with van der Waals surface area (Å²) < 4.78 is 27.2. The van der Waals surface area contributed by atoms with Gasteiger partial charge in [0.05, 0.1) is 10.7 Å². The number of benzene rings is 2. The number of carbonyl (C=O) groups excluding carboxylic acids is 1. The Balaban J connectivity index is 1.81. The predicted molar refractivity (Wildman–Crippen MR) is 91.1 cm³/mol. The van der Waals surface area contributed by atoms with Gasteiger partial charge in [0.1, 0.15) is 35.2 Å². The van der Waals surface area contributed by atoms with Crippen molar-refractivity contribution in [3.8, 4) is 0 Å². The number of rotatable bonds is 4. The molecule has 0 radical (unpaired) electrons. The molecule has 0 bridgehead atoms. The van der Waals surface area contributed by atoms with Crippen LogP contribution >= 0.6 is 11.6 Å². The molecule has 0 saturated carbocycles. The minimum absolute atomic E-state index is 0.0628. The van der Waals surface area contributed by atoms with Crippen molar-refractivity contribution in [3.63, 3.8) is 0 Å². The highest BCUT2D eigenvalue weighted by Gasteiger charge is 2.15. The van der Waals surface area contributed by atoms with E-state index in [1.165, 1.54) is 12.1 Å². The lowest BCUT2D eigenvalue weighted by atomic mass is 10.2. The van der Waals surface area contributed by atoms with E-state index in [0.717, 1.165) is 18.5 Å². The van der Waals surface area contributed by atoms with Gasteiger partial charge in [-0.1, -0.05) is 29.8 Å². The standard InChI is InChI=1S/C17H11ClF2N4O/c18-10-4-1-2-7-13(10)23-15-8-14(21-9-22-15)17(25)24-16-11(19)5-3-6-12(16)20/h1-9H,(H,24,25)(H,21,22,23). The van der Waals surface area contributed by atoms with E-state index in [9.17, 15) is 13.6 Å². The lowest BCUT2D eigenvalue weighted by Crippen LogP contribution is -2.16. The SMILES string of the molecule is O=C(Nc1c(F)cccc1F)c1cc(Nc2ccccc2Cl)ncn1. The average Bonchev–Trinajstić information content (AvgIpc) is 2.60. The number of halogens is 3. The van der Waals surface area contributed by atoms with Crippen LogP contribution in [0.15, 0.2) is 54.9 Å². The van der Waals surface area contributed by atoms with Crippen LogP contribution in [0.2, 0.25) is 5.02 Å². The molecule has 0 atom stereocenters. The highest BCUT2D eigenvalue weighted by molar-refractivity contribution is 6.33. The first-order valence-corrected chi connectivity index (χ1v) is 7.51. The molecule has 2 aromatic carbocycles. The molecular weight excluding hydrogens is 350 g/mol. The largest absolute Gasteiger partial charge is 0.339 e. The molecule has 5 nitrogen and oxygen atoms in total. The van der Waals surface area contributed by atoms with Gasteiger partial charge in [-0.15, -0.1) is 0 Å². The van der Waals surface area contributed by atoms with Crippen LogP contribution in [0.4, 0.5) is 26.0 Å². The summed E-state index contributed by atoms with van der Waals surface area (Å²) in [7, 11) is 0. The monoisotopic (exact) mass is 360 g/mol. The van der Waals surface area contributed by atoms with Crippen molar-refractivity contribution in [1.29, 1.82) is 0 Å². The van der Waals surface area contributed by atoms with E-state index in [-0.39, 0.29) is 5.69 Å². The first-order chi connectivity index (χ1) is 12.0. The van der Waals surface area contributed by atoms with E-state index in [2.05, 4.69) is 20.6 Å². The van der Waals surface area contributed by atoms with Crippen LogP contribution in [0.1, 0.15) is 10.5 Å². The van der Waals surface area contributed by atoms with Gasteiger partial charge < -0.3 is 10.6 Å². The lowest BCUT2D eigenvalue weighted by molar-refractivity contribution is 0.102. The molecule has 126 valence electrons. The number of anilines is 3. The third kappa shape index (κ3) is 3.89. The number of hydrogen-bond acceptors (Lipinski definition) is 4. The summed E-state index contributed by atoms with van der Waals surface area (Å²) in [5.41, 5.74) is -0.00620. The summed E-state index contributed by atoms with van der Waals surface area (Å²) in [4.78, 5) is 20.0. The van der Waals surface area contributed by atoms with Gasteiger partial charge in [0.15, 0.2) is 0 Å². The first kappa shape index (κ1) is 16.8. The van der Waals surface area contributed by atoms with Gasteiger partial charge in [-0.25, -0.2) is 18.7 Å². The smallest absolute Gasteiger partial charge is 0.274 e. The van der Waals surface area contributed by atoms with Crippen molar-refractivity contribution >= 4 is 34.7 Å². The summed E-state index contributed by atoms with van der Waals surface area (Å²) >= 11 is 6.05. The number of nitrogens with zero attached hydrogens (tertiary/aromatic N) is 2. The minimum atomic E-state index is -0.878. The number of amides is 1. The van der Waals surface area contributed by atoms with E-state index in [4.69, 9.17) is 11.6 Å². The highest BCUT2D eigenvalue weighted by Crippen LogP contribution is 2.24. The van der Waals surface area contributed by atoms with Gasteiger partial charge in [-0.2, -0.15) is 0 Å². The lowest BCUT2D eigenvalue weighted by Gasteiger charge is -2.09. The highest BCUT2D eigenvalue weighted by atomic mass is 35.5. The summed E-state index contributed by atoms with van der Waals surface area (Å²) in [6.45, 7) is 0. The molecule has 1 heterocycles. The molecule has 1 amide bonds. The Morgan fingerprint density at radius 2 is 1.72 bits per heavy atom. The Labute approximate surface area is 146 Å². The van der Waals surface area contributed by atoms with Crippen LogP contribution in [-0.4, -0.2) is 15.9 Å². The predicted octanol–water partition coefficient (Wildman–Crippen LogP) is 4.40. The van der Waals surface area contributed by atoms with Crippen LogP contribution in [-0.2, 0) is 0 Å². The second-order valence-corrected chi connectivity index (χ2v) is 5.35. The van der Waals surface area contributed by atoms with Crippen molar-refractivity contribution in [2.45, 2.75) is 0 Å². The van der Waals surface area contributed by atoms with E-state index in [1.807, 2.05) is 0 Å². The maximum atomic E-state index is 13.6. The zero-order chi connectivity index (χ0) is 17.8. The second kappa shape index (κ2) is 7.23. The van der Waals surface area contributed by atoms with Crippen LogP contribution in [0.5, 0.6) is 0 Å². The van der Waals surface area contributed by atoms with Crippen LogP contribution in [0.3, 0.4) is 0 Å². The van der Waals surface area contributed by atoms with Crippen molar-refractivity contribution in [2.75, 3.05) is 10.6 Å². The van der Waals surface area contributed by atoms with E-state index in [1.54, 1.807) is 24.3 Å². The molecule has 0 fully saturated rings. The van der Waals surface area contributed by atoms with Gasteiger partial charge in [-0.05, 0) is 24.3 Å². The number of para-hydroxylation sites is 2. The summed E-state index contributed by atoms with van der Waals surface area (Å²) in [6, 6.07) is 11.6. The molecule has 8 heteroatoms. The molecule has 3 rings (SSSR count). The molecule has 0 aliphatic heterocycles. The quantitative estimate of drug-likeness (QED) is 0.723. The summed E-state index contributed by atoms with van der Waals surface area (Å²) in [5, 5.41) is 5.58. The molecule has 3 aromatic rings. The van der Waals surface area contributed by atoms with Gasteiger partial charge in [0.2, 0.25) is 0 Å². The third-order valence-corrected chi connectivity index (χ3v) is 3.57. The fourth-order valence-electron chi connectivity index (χ4n) is 2.05. The molecule has 0 aliphatic rings. The second-order valence-electron chi connectivity index (χ2n) is 4.94. The van der Waals surface area contributed by atoms with Crippen molar-refractivity contribution in [2.24, 2.45) is 0 Å². The van der Waals surface area contributed by atoms with Gasteiger partial charge in [0.25, 0.3) is 5.91 Å². The first-order valence-electron chi connectivity index (χ1n) is 7.13. The molecule has 0 saturated heterocycles. The number of nitrogens with one attached hydrogen (secondary N) is 2. The molecule has 2 N–H and O–H groups in total. The third-order valence-electron chi connectivity index (χ3n) is 3.24. The van der Waals surface area contributed by atoms with E-state index < -0.39 is 23.2 Å². The van der Waals surface area contributed by atoms with Crippen molar-refractivity contribution < 1.29 is 13.6 Å². The molecule has 0 aliphatic carbocycles. The number of aromatic nitrogens is 2. The van der Waals surface area contributed by atoms with Gasteiger partial charge in [-0.3, -0.25) is 4.79 Å². The van der Waals surface area contributed by atoms with E-state index in [0.29, 0.717) is 16.5 Å². The number of hydrogen-bond donors (Lipinski definition) is 2. The van der Waals surface area contributed by atoms with Crippen LogP contribution in [0.25, 0.3) is 0 Å². The van der Waals surface area contributed by atoms with Crippen LogP contribution < -0.4 is 10.6 Å². The van der Waals surface area contributed by atoms with Gasteiger partial charge >= 0.3 is 0 Å². The Morgan fingerprint density at radius 3 is 2.44 bits per heavy atom. The Bertz CT molecular complexity index is 916. The molecule has 1 aromatic heterocycles. The van der Waals surface area contributed by atoms with Crippen LogP contribution in [0, 0.1) is 11.6 Å². The summed E-state index contributed by atoms with van der Waals surface area (Å²) in [6.07, 6.45) is 1.16. The summed E-state index contributed by atoms with van der Waals surface area (Å²) in [5.74, 6) is -2.22. The zero-order valence-corrected chi connectivity index (χ0v) is 13.4. The molecule has 0 spiro atoms. The molecule has 0 unspecified atom stereocenters. The Morgan fingerprint density at radius 1 is 1.00 bits per heavy atom. The fraction of sp³-hybridized carbons (Fsp3) is 0. The van der Waals surface area contributed by atoms with Crippen molar-refractivity contribution in [3.05, 3.63) is 77.2 Å². The fourth-order valence-corrected chi connectivity index (χ4v) is 2.23.